The van der Waals surface area contributed by atoms with Crippen LogP contribution in [0.15, 0.2) is 59.1 Å². The molecule has 0 spiro atoms. The Labute approximate surface area is 223 Å². The van der Waals surface area contributed by atoms with Gasteiger partial charge in [-0.25, -0.2) is 4.98 Å². The Morgan fingerprint density at radius 2 is 1.89 bits per heavy atom. The van der Waals surface area contributed by atoms with E-state index in [4.69, 9.17) is 16.3 Å². The number of methoxy groups -OCH3 is 1. The van der Waals surface area contributed by atoms with Gasteiger partial charge in [0.1, 0.15) is 16.5 Å². The fourth-order valence-electron chi connectivity index (χ4n) is 4.19. The highest BCUT2D eigenvalue weighted by Gasteiger charge is 2.24. The first-order chi connectivity index (χ1) is 17.5. The number of hydrogen-bond acceptors (Lipinski definition) is 7. The van der Waals surface area contributed by atoms with Crippen molar-refractivity contribution < 1.29 is 9.53 Å². The molecular formula is C26H26ClN5O2S2. The van der Waals surface area contributed by atoms with Crippen molar-refractivity contribution in [2.45, 2.75) is 30.7 Å². The van der Waals surface area contributed by atoms with Crippen molar-refractivity contribution >= 4 is 40.6 Å². The van der Waals surface area contributed by atoms with E-state index >= 15 is 0 Å². The van der Waals surface area contributed by atoms with Gasteiger partial charge in [-0.2, -0.15) is 0 Å². The third-order valence-electron chi connectivity index (χ3n) is 6.24. The van der Waals surface area contributed by atoms with Crippen LogP contribution in [-0.4, -0.2) is 50.8 Å². The number of para-hydroxylation sites is 2. The molecule has 4 aromatic rings. The van der Waals surface area contributed by atoms with Gasteiger partial charge in [0.2, 0.25) is 0 Å². The van der Waals surface area contributed by atoms with Gasteiger partial charge in [-0.05, 0) is 43.0 Å². The first-order valence-electron chi connectivity index (χ1n) is 11.8. The Morgan fingerprint density at radius 3 is 2.67 bits per heavy atom. The van der Waals surface area contributed by atoms with Crippen LogP contribution in [0.25, 0.3) is 17.1 Å². The van der Waals surface area contributed by atoms with E-state index in [0.29, 0.717) is 39.1 Å². The first-order valence-corrected chi connectivity index (χ1v) is 14.0. The van der Waals surface area contributed by atoms with E-state index in [9.17, 15) is 4.79 Å². The summed E-state index contributed by atoms with van der Waals surface area (Å²) in [6.07, 6.45) is 2.09. The van der Waals surface area contributed by atoms with Gasteiger partial charge in [-0.15, -0.1) is 21.5 Å². The predicted molar refractivity (Wildman–Crippen MR) is 144 cm³/mol. The summed E-state index contributed by atoms with van der Waals surface area (Å²) in [5.74, 6) is 2.58. The molecule has 1 saturated heterocycles. The second-order valence-corrected chi connectivity index (χ2v) is 11.0. The number of hydrogen-bond donors (Lipinski definition) is 0. The molecule has 2 aromatic carbocycles. The topological polar surface area (TPSA) is 73.1 Å². The number of halogens is 1. The molecule has 3 heterocycles. The maximum atomic E-state index is 12.9. The zero-order valence-corrected chi connectivity index (χ0v) is 22.4. The van der Waals surface area contributed by atoms with Crippen LogP contribution in [0.1, 0.15) is 35.3 Å². The van der Waals surface area contributed by atoms with E-state index in [1.165, 1.54) is 23.1 Å². The number of carbonyl (C=O) groups excluding carboxylic acids is 1. The Bertz CT molecular complexity index is 1360. The molecule has 0 radical (unpaired) electrons. The number of nitrogens with zero attached hydrogens (tertiary/aromatic N) is 5. The molecular weight excluding hydrogens is 514 g/mol. The average molecular weight is 540 g/mol. The number of ether oxygens (including phenoxy) is 1. The van der Waals surface area contributed by atoms with Gasteiger partial charge in [0, 0.05) is 24.0 Å². The van der Waals surface area contributed by atoms with E-state index in [1.54, 1.807) is 7.11 Å². The van der Waals surface area contributed by atoms with Gasteiger partial charge in [0.15, 0.2) is 11.0 Å². The molecule has 0 saturated carbocycles. The van der Waals surface area contributed by atoms with E-state index in [0.717, 1.165) is 42.2 Å². The highest BCUT2D eigenvalue weighted by molar-refractivity contribution is 7.98. The fourth-order valence-corrected chi connectivity index (χ4v) is 6.14. The molecule has 5 rings (SSSR count). The van der Waals surface area contributed by atoms with Gasteiger partial charge in [-0.1, -0.05) is 54.6 Å². The van der Waals surface area contributed by atoms with E-state index in [1.807, 2.05) is 63.4 Å². The molecule has 7 nitrogen and oxygen atoms in total. The number of amides is 1. The number of carbonyl (C=O) groups is 1. The molecule has 0 bridgehead atoms. The largest absolute Gasteiger partial charge is 0.495 e. The minimum absolute atomic E-state index is 0.0209. The summed E-state index contributed by atoms with van der Waals surface area (Å²) in [5.41, 5.74) is 2.12. The molecule has 10 heteroatoms. The number of piperidine rings is 1. The highest BCUT2D eigenvalue weighted by atomic mass is 35.5. The van der Waals surface area contributed by atoms with Crippen LogP contribution in [-0.2, 0) is 5.75 Å². The van der Waals surface area contributed by atoms with Crippen LogP contribution >= 0.6 is 34.7 Å². The SMILES string of the molecule is COc1ccccc1-n1c(SCc2nc(C(=O)N3CCC(C)CC3)cs2)nnc1-c1ccccc1Cl. The lowest BCUT2D eigenvalue weighted by atomic mass is 9.99. The zero-order valence-electron chi connectivity index (χ0n) is 20.1. The summed E-state index contributed by atoms with van der Waals surface area (Å²) >= 11 is 9.52. The first kappa shape index (κ1) is 24.8. The summed E-state index contributed by atoms with van der Waals surface area (Å²) in [6.45, 7) is 3.84. The van der Waals surface area contributed by atoms with Crippen LogP contribution in [0.2, 0.25) is 5.02 Å². The van der Waals surface area contributed by atoms with Gasteiger partial charge < -0.3 is 9.64 Å². The Kier molecular flexibility index (Phi) is 7.59. The summed E-state index contributed by atoms with van der Waals surface area (Å²) in [6, 6.07) is 15.3. The van der Waals surface area contributed by atoms with Crippen LogP contribution < -0.4 is 4.74 Å². The molecule has 36 heavy (non-hydrogen) atoms. The molecule has 0 aliphatic carbocycles. The molecule has 1 fully saturated rings. The summed E-state index contributed by atoms with van der Waals surface area (Å²) in [7, 11) is 1.64. The van der Waals surface area contributed by atoms with Crippen molar-refractivity contribution in [3.63, 3.8) is 0 Å². The van der Waals surface area contributed by atoms with Gasteiger partial charge in [0.25, 0.3) is 5.91 Å². The summed E-state index contributed by atoms with van der Waals surface area (Å²) in [5, 5.41) is 13.0. The van der Waals surface area contributed by atoms with Crippen molar-refractivity contribution in [3.8, 4) is 22.8 Å². The van der Waals surface area contributed by atoms with Crippen LogP contribution in [0.3, 0.4) is 0 Å². The quantitative estimate of drug-likeness (QED) is 0.260. The number of aromatic nitrogens is 4. The third kappa shape index (κ3) is 5.14. The second-order valence-electron chi connectivity index (χ2n) is 8.68. The van der Waals surface area contributed by atoms with Crippen LogP contribution in [0, 0.1) is 5.92 Å². The lowest BCUT2D eigenvalue weighted by Gasteiger charge is -2.29. The summed E-state index contributed by atoms with van der Waals surface area (Å²) < 4.78 is 7.59. The number of thioether (sulfide) groups is 1. The van der Waals surface area contributed by atoms with Gasteiger partial charge >= 0.3 is 0 Å². The zero-order chi connectivity index (χ0) is 25.1. The average Bonchev–Trinajstić information content (AvgIpc) is 3.55. The van der Waals surface area contributed by atoms with E-state index < -0.39 is 0 Å². The molecule has 0 atom stereocenters. The molecule has 1 aliphatic heterocycles. The normalized spacial score (nSPS) is 14.2. The molecule has 1 aliphatic rings. The maximum Gasteiger partial charge on any atom is 0.273 e. The van der Waals surface area contributed by atoms with Crippen molar-refractivity contribution in [3.05, 3.63) is 69.6 Å². The molecule has 2 aromatic heterocycles. The minimum atomic E-state index is 0.0209. The Morgan fingerprint density at radius 1 is 1.14 bits per heavy atom. The van der Waals surface area contributed by atoms with Crippen molar-refractivity contribution in [1.29, 1.82) is 0 Å². The lowest BCUT2D eigenvalue weighted by Crippen LogP contribution is -2.38. The summed E-state index contributed by atoms with van der Waals surface area (Å²) in [4.78, 5) is 19.5. The number of rotatable bonds is 7. The number of benzene rings is 2. The Hall–Kier alpha value is -2.88. The van der Waals surface area contributed by atoms with Crippen molar-refractivity contribution in [2.75, 3.05) is 20.2 Å². The van der Waals surface area contributed by atoms with Crippen LogP contribution in [0.5, 0.6) is 5.75 Å². The lowest BCUT2D eigenvalue weighted by molar-refractivity contribution is 0.0692. The van der Waals surface area contributed by atoms with Crippen molar-refractivity contribution in [2.24, 2.45) is 5.92 Å². The monoisotopic (exact) mass is 539 g/mol. The predicted octanol–water partition coefficient (Wildman–Crippen LogP) is 6.22. The van der Waals surface area contributed by atoms with Crippen molar-refractivity contribution in [1.82, 2.24) is 24.6 Å². The number of thiazole rings is 1. The van der Waals surface area contributed by atoms with Crippen LogP contribution in [0.4, 0.5) is 0 Å². The van der Waals surface area contributed by atoms with E-state index in [2.05, 4.69) is 22.1 Å². The fraction of sp³-hybridized carbons (Fsp3) is 0.308. The smallest absolute Gasteiger partial charge is 0.273 e. The Balaban J connectivity index is 1.41. The van der Waals surface area contributed by atoms with Gasteiger partial charge in [-0.3, -0.25) is 9.36 Å². The molecule has 0 N–H and O–H groups in total. The molecule has 1 amide bonds. The number of likely N-dealkylation sites (tertiary alicyclic amines) is 1. The standard InChI is InChI=1S/C26H26ClN5O2S2/c1-17-11-13-31(14-12-17)25(33)20-15-35-23(28-20)16-36-26-30-29-24(18-7-3-4-8-19(18)27)32(26)21-9-5-6-10-22(21)34-2/h3-10,15,17H,11-14,16H2,1-2H3. The maximum absolute atomic E-state index is 12.9. The van der Waals surface area contributed by atoms with E-state index in [-0.39, 0.29) is 5.91 Å². The second kappa shape index (κ2) is 11.0. The molecule has 186 valence electrons. The third-order valence-corrected chi connectivity index (χ3v) is 8.54. The molecule has 0 unspecified atom stereocenters. The van der Waals surface area contributed by atoms with Gasteiger partial charge in [0.05, 0.1) is 23.6 Å². The highest BCUT2D eigenvalue weighted by Crippen LogP contribution is 2.36. The minimum Gasteiger partial charge on any atom is -0.495 e.